The summed E-state index contributed by atoms with van der Waals surface area (Å²) in [4.78, 5) is 21.6. The molecule has 0 spiro atoms. The van der Waals surface area contributed by atoms with Gasteiger partial charge in [-0.25, -0.2) is 9.59 Å². The molecule has 0 unspecified atom stereocenters. The van der Waals surface area contributed by atoms with Crippen molar-refractivity contribution in [1.29, 1.82) is 0 Å². The molecule has 0 amide bonds. The van der Waals surface area contributed by atoms with Gasteiger partial charge >= 0.3 is 12.1 Å². The minimum atomic E-state index is -1.15. The third-order valence-corrected chi connectivity index (χ3v) is 1.73. The first-order valence-corrected chi connectivity index (χ1v) is 4.14. The van der Waals surface area contributed by atoms with Crippen molar-refractivity contribution >= 4 is 12.1 Å². The lowest BCUT2D eigenvalue weighted by Crippen LogP contribution is -2.10. The summed E-state index contributed by atoms with van der Waals surface area (Å²) >= 11 is 0. The fourth-order valence-electron chi connectivity index (χ4n) is 1.03. The van der Waals surface area contributed by atoms with Crippen LogP contribution in [0, 0.1) is 6.92 Å². The average Bonchev–Trinajstić information content (AvgIpc) is 2.20. The molecule has 5 heteroatoms. The predicted octanol–water partition coefficient (Wildman–Crippen LogP) is 1.84. The quantitative estimate of drug-likeness (QED) is 0.595. The topological polar surface area (TPSA) is 72.8 Å². The zero-order valence-corrected chi connectivity index (χ0v) is 8.31. The van der Waals surface area contributed by atoms with E-state index in [1.165, 1.54) is 12.1 Å². The van der Waals surface area contributed by atoms with Crippen molar-refractivity contribution in [1.82, 2.24) is 0 Å². The fraction of sp³-hybridized carbons (Fsp3) is 0.200. The Morgan fingerprint density at radius 1 is 1.33 bits per heavy atom. The number of carbonyl (C=O) groups excluding carboxylic acids is 1. The van der Waals surface area contributed by atoms with E-state index in [9.17, 15) is 9.59 Å². The number of ether oxygens (including phenoxy) is 2. The first-order chi connectivity index (χ1) is 7.04. The van der Waals surface area contributed by atoms with Crippen molar-refractivity contribution < 1.29 is 24.2 Å². The molecule has 0 fully saturated rings. The molecular formula is C10H10O5. The maximum Gasteiger partial charge on any atom is 0.513 e. The smallest absolute Gasteiger partial charge is 0.478 e. The van der Waals surface area contributed by atoms with E-state index in [4.69, 9.17) is 5.11 Å². The molecule has 0 saturated heterocycles. The van der Waals surface area contributed by atoms with Gasteiger partial charge in [-0.1, -0.05) is 11.6 Å². The number of benzene rings is 1. The van der Waals surface area contributed by atoms with Crippen LogP contribution in [-0.2, 0) is 4.74 Å². The highest BCUT2D eigenvalue weighted by molar-refractivity contribution is 5.91. The number of aryl methyl sites for hydroxylation is 1. The van der Waals surface area contributed by atoms with E-state index in [2.05, 4.69) is 9.47 Å². The number of rotatable bonds is 2. The number of hydrogen-bond donors (Lipinski definition) is 1. The largest absolute Gasteiger partial charge is 0.513 e. The minimum Gasteiger partial charge on any atom is -0.478 e. The first-order valence-electron chi connectivity index (χ1n) is 4.14. The third kappa shape index (κ3) is 2.70. The summed E-state index contributed by atoms with van der Waals surface area (Å²) in [6, 6.07) is 4.47. The van der Waals surface area contributed by atoms with Crippen LogP contribution in [-0.4, -0.2) is 24.3 Å². The van der Waals surface area contributed by atoms with E-state index in [-0.39, 0.29) is 11.3 Å². The Labute approximate surface area is 86.2 Å². The number of carboxylic acids is 1. The molecule has 0 aliphatic rings. The normalized spacial score (nSPS) is 9.47. The molecule has 0 atom stereocenters. The van der Waals surface area contributed by atoms with E-state index in [0.717, 1.165) is 12.7 Å². The Hall–Kier alpha value is -2.04. The second kappa shape index (κ2) is 4.45. The van der Waals surface area contributed by atoms with Crippen molar-refractivity contribution in [2.24, 2.45) is 0 Å². The highest BCUT2D eigenvalue weighted by Gasteiger charge is 2.14. The molecule has 0 radical (unpaired) electrons. The molecule has 0 saturated carbocycles. The Morgan fingerprint density at radius 3 is 2.53 bits per heavy atom. The zero-order valence-electron chi connectivity index (χ0n) is 8.31. The SMILES string of the molecule is COC(=O)Oc1ccc(C)cc1C(=O)O. The van der Waals surface area contributed by atoms with Gasteiger partial charge in [-0.2, -0.15) is 0 Å². The molecule has 1 rings (SSSR count). The highest BCUT2D eigenvalue weighted by atomic mass is 16.7. The lowest BCUT2D eigenvalue weighted by atomic mass is 10.1. The lowest BCUT2D eigenvalue weighted by Gasteiger charge is -2.06. The standard InChI is InChI=1S/C10H10O5/c1-6-3-4-8(15-10(13)14-2)7(5-6)9(11)12/h3-5H,1-2H3,(H,11,12). The number of carbonyl (C=O) groups is 2. The van der Waals surface area contributed by atoms with Gasteiger partial charge in [-0.05, 0) is 19.1 Å². The van der Waals surface area contributed by atoms with Gasteiger partial charge in [0.25, 0.3) is 0 Å². The summed E-state index contributed by atoms with van der Waals surface area (Å²) in [7, 11) is 1.15. The Bertz CT molecular complexity index is 397. The summed E-state index contributed by atoms with van der Waals surface area (Å²) in [5, 5.41) is 8.84. The van der Waals surface area contributed by atoms with Crippen LogP contribution in [0.15, 0.2) is 18.2 Å². The van der Waals surface area contributed by atoms with Crippen LogP contribution in [0.3, 0.4) is 0 Å². The summed E-state index contributed by atoms with van der Waals surface area (Å²) in [6.45, 7) is 1.74. The molecule has 0 aliphatic carbocycles. The number of methoxy groups -OCH3 is 1. The van der Waals surface area contributed by atoms with Crippen LogP contribution in [0.25, 0.3) is 0 Å². The van der Waals surface area contributed by atoms with Crippen LogP contribution in [0.4, 0.5) is 4.79 Å². The van der Waals surface area contributed by atoms with Crippen LogP contribution in [0.2, 0.25) is 0 Å². The summed E-state index contributed by atoms with van der Waals surface area (Å²) in [6.07, 6.45) is -0.943. The van der Waals surface area contributed by atoms with Crippen molar-refractivity contribution in [2.75, 3.05) is 7.11 Å². The average molecular weight is 210 g/mol. The molecule has 0 aliphatic heterocycles. The van der Waals surface area contributed by atoms with Gasteiger partial charge in [0, 0.05) is 0 Å². The third-order valence-electron chi connectivity index (χ3n) is 1.73. The zero-order chi connectivity index (χ0) is 11.4. The molecular weight excluding hydrogens is 200 g/mol. The summed E-state index contributed by atoms with van der Waals surface area (Å²) in [5.74, 6) is -1.18. The van der Waals surface area contributed by atoms with Crippen molar-refractivity contribution in [2.45, 2.75) is 6.92 Å². The molecule has 15 heavy (non-hydrogen) atoms. The van der Waals surface area contributed by atoms with E-state index < -0.39 is 12.1 Å². The van der Waals surface area contributed by atoms with E-state index in [1.54, 1.807) is 13.0 Å². The van der Waals surface area contributed by atoms with Crippen LogP contribution in [0.5, 0.6) is 5.75 Å². The Kier molecular flexibility index (Phi) is 3.28. The van der Waals surface area contributed by atoms with Crippen LogP contribution >= 0.6 is 0 Å². The monoisotopic (exact) mass is 210 g/mol. The summed E-state index contributed by atoms with van der Waals surface area (Å²) in [5.41, 5.74) is 0.699. The fourth-order valence-corrected chi connectivity index (χ4v) is 1.03. The molecule has 1 N–H and O–H groups in total. The molecule has 0 aromatic heterocycles. The van der Waals surface area contributed by atoms with Gasteiger partial charge in [0.1, 0.15) is 11.3 Å². The van der Waals surface area contributed by atoms with Gasteiger partial charge < -0.3 is 14.6 Å². The molecule has 0 bridgehead atoms. The van der Waals surface area contributed by atoms with Gasteiger partial charge in [0.15, 0.2) is 0 Å². The van der Waals surface area contributed by atoms with Crippen molar-refractivity contribution in [3.63, 3.8) is 0 Å². The maximum atomic E-state index is 10.8. The van der Waals surface area contributed by atoms with Gasteiger partial charge in [0.05, 0.1) is 7.11 Å². The van der Waals surface area contributed by atoms with Crippen molar-refractivity contribution in [3.05, 3.63) is 29.3 Å². The number of carboxylic acid groups (broad SMARTS) is 1. The lowest BCUT2D eigenvalue weighted by molar-refractivity contribution is 0.0691. The Balaban J connectivity index is 3.06. The minimum absolute atomic E-state index is 0.0278. The van der Waals surface area contributed by atoms with Gasteiger partial charge in [0.2, 0.25) is 0 Å². The number of hydrogen-bond acceptors (Lipinski definition) is 4. The molecule has 0 heterocycles. The van der Waals surface area contributed by atoms with E-state index in [1.807, 2.05) is 0 Å². The van der Waals surface area contributed by atoms with Gasteiger partial charge in [-0.15, -0.1) is 0 Å². The predicted molar refractivity (Wildman–Crippen MR) is 51.2 cm³/mol. The molecule has 80 valence electrons. The molecule has 5 nitrogen and oxygen atoms in total. The summed E-state index contributed by atoms with van der Waals surface area (Å²) < 4.78 is 8.93. The van der Waals surface area contributed by atoms with Crippen LogP contribution < -0.4 is 4.74 Å². The first kappa shape index (κ1) is 11.0. The molecule has 1 aromatic carbocycles. The van der Waals surface area contributed by atoms with E-state index in [0.29, 0.717) is 0 Å². The van der Waals surface area contributed by atoms with Crippen molar-refractivity contribution in [3.8, 4) is 5.75 Å². The van der Waals surface area contributed by atoms with Gasteiger partial charge in [-0.3, -0.25) is 0 Å². The maximum absolute atomic E-state index is 10.8. The Morgan fingerprint density at radius 2 is 2.00 bits per heavy atom. The molecule has 1 aromatic rings. The number of aromatic carboxylic acids is 1. The van der Waals surface area contributed by atoms with E-state index >= 15 is 0 Å². The second-order valence-electron chi connectivity index (χ2n) is 2.86. The van der Waals surface area contributed by atoms with Crippen LogP contribution in [0.1, 0.15) is 15.9 Å². The second-order valence-corrected chi connectivity index (χ2v) is 2.86. The highest BCUT2D eigenvalue weighted by Crippen LogP contribution is 2.20.